The van der Waals surface area contributed by atoms with Gasteiger partial charge in [0.1, 0.15) is 0 Å². The maximum absolute atomic E-state index is 6.00. The van der Waals surface area contributed by atoms with Crippen LogP contribution in [-0.4, -0.2) is 20.2 Å². The van der Waals surface area contributed by atoms with Crippen LogP contribution in [-0.2, 0) is 6.54 Å². The molecule has 102 valence electrons. The minimum Gasteiger partial charge on any atom is -0.398 e. The molecule has 1 heterocycles. The lowest BCUT2D eigenvalue weighted by molar-refractivity contribution is 0.323. The number of hydrogen-bond acceptors (Lipinski definition) is 4. The van der Waals surface area contributed by atoms with Crippen molar-refractivity contribution >= 4 is 5.69 Å². The highest BCUT2D eigenvalue weighted by molar-refractivity contribution is 5.67. The quantitative estimate of drug-likeness (QED) is 0.842. The van der Waals surface area contributed by atoms with Gasteiger partial charge in [-0.15, -0.1) is 5.10 Å². The molecule has 19 heavy (non-hydrogen) atoms. The van der Waals surface area contributed by atoms with E-state index in [2.05, 4.69) is 49.3 Å². The zero-order chi connectivity index (χ0) is 14.2. The number of aryl methyl sites for hydroxylation is 2. The van der Waals surface area contributed by atoms with E-state index >= 15 is 0 Å². The molecule has 0 radical (unpaired) electrons. The van der Waals surface area contributed by atoms with Crippen LogP contribution in [0.5, 0.6) is 0 Å². The van der Waals surface area contributed by atoms with Gasteiger partial charge in [0.2, 0.25) is 0 Å². The third kappa shape index (κ3) is 2.92. The summed E-state index contributed by atoms with van der Waals surface area (Å²) in [6, 6.07) is 4.02. The monoisotopic (exact) mass is 259 g/mol. The minimum absolute atomic E-state index is 0.119. The molecule has 2 rings (SSSR count). The van der Waals surface area contributed by atoms with E-state index in [1.807, 2.05) is 17.7 Å². The molecular weight excluding hydrogens is 238 g/mol. The molecule has 2 aromatic rings. The number of rotatable bonds is 2. The molecule has 0 aliphatic carbocycles. The smallest absolute Gasteiger partial charge is 0.182 e. The Labute approximate surface area is 113 Å². The number of tetrazole rings is 1. The summed E-state index contributed by atoms with van der Waals surface area (Å²) < 4.78 is 1.84. The summed E-state index contributed by atoms with van der Waals surface area (Å²) >= 11 is 0. The van der Waals surface area contributed by atoms with E-state index in [-0.39, 0.29) is 5.41 Å². The number of hydrogen-bond donors (Lipinski definition) is 1. The van der Waals surface area contributed by atoms with Crippen LogP contribution in [0.15, 0.2) is 12.1 Å². The summed E-state index contributed by atoms with van der Waals surface area (Å²) in [6.45, 7) is 11.3. The van der Waals surface area contributed by atoms with Crippen molar-refractivity contribution in [3.8, 4) is 11.4 Å². The van der Waals surface area contributed by atoms with Gasteiger partial charge in [0.15, 0.2) is 5.82 Å². The van der Waals surface area contributed by atoms with Crippen molar-refractivity contribution in [2.24, 2.45) is 5.41 Å². The second-order valence-corrected chi connectivity index (χ2v) is 6.24. The van der Waals surface area contributed by atoms with Crippen molar-refractivity contribution in [1.82, 2.24) is 20.2 Å². The van der Waals surface area contributed by atoms with Gasteiger partial charge < -0.3 is 5.73 Å². The summed E-state index contributed by atoms with van der Waals surface area (Å²) in [7, 11) is 0. The molecule has 0 saturated heterocycles. The van der Waals surface area contributed by atoms with E-state index in [0.717, 1.165) is 34.7 Å². The summed E-state index contributed by atoms with van der Waals surface area (Å²) in [5.41, 5.74) is 10.1. The molecule has 5 heteroatoms. The number of benzene rings is 1. The number of aromatic nitrogens is 4. The molecule has 0 fully saturated rings. The highest BCUT2D eigenvalue weighted by atomic mass is 15.5. The van der Waals surface area contributed by atoms with E-state index in [1.165, 1.54) is 0 Å². The molecule has 2 N–H and O–H groups in total. The van der Waals surface area contributed by atoms with E-state index in [4.69, 9.17) is 5.73 Å². The first-order chi connectivity index (χ1) is 8.78. The van der Waals surface area contributed by atoms with Crippen molar-refractivity contribution in [2.45, 2.75) is 41.2 Å². The van der Waals surface area contributed by atoms with Crippen LogP contribution in [0.4, 0.5) is 5.69 Å². The van der Waals surface area contributed by atoms with Gasteiger partial charge in [-0.2, -0.15) is 0 Å². The zero-order valence-electron chi connectivity index (χ0n) is 12.2. The molecule has 0 amide bonds. The molecule has 0 atom stereocenters. The molecule has 0 saturated carbocycles. The molecular formula is C14H21N5. The van der Waals surface area contributed by atoms with Crippen LogP contribution in [0.1, 0.15) is 31.9 Å². The number of anilines is 1. The standard InChI is InChI=1S/C14H21N5/c1-9-6-10(2)12(15)7-11(9)13-16-17-18-19(13)8-14(3,4)5/h6-7H,8,15H2,1-5H3. The van der Waals surface area contributed by atoms with E-state index in [0.29, 0.717) is 0 Å². The van der Waals surface area contributed by atoms with Gasteiger partial charge in [0.25, 0.3) is 0 Å². The predicted molar refractivity (Wildman–Crippen MR) is 76.6 cm³/mol. The molecule has 1 aromatic heterocycles. The molecule has 0 unspecified atom stereocenters. The molecule has 0 bridgehead atoms. The van der Waals surface area contributed by atoms with Crippen molar-refractivity contribution in [1.29, 1.82) is 0 Å². The fourth-order valence-electron chi connectivity index (χ4n) is 2.06. The van der Waals surface area contributed by atoms with Crippen LogP contribution in [0.2, 0.25) is 0 Å². The summed E-state index contributed by atoms with van der Waals surface area (Å²) in [6.07, 6.45) is 0. The van der Waals surface area contributed by atoms with Crippen molar-refractivity contribution < 1.29 is 0 Å². The Hall–Kier alpha value is -1.91. The number of nitrogens with zero attached hydrogens (tertiary/aromatic N) is 4. The highest BCUT2D eigenvalue weighted by Crippen LogP contribution is 2.27. The lowest BCUT2D eigenvalue weighted by Gasteiger charge is -2.19. The third-order valence-electron chi connectivity index (χ3n) is 3.01. The Balaban J connectivity index is 2.49. The first-order valence-electron chi connectivity index (χ1n) is 6.41. The first-order valence-corrected chi connectivity index (χ1v) is 6.41. The van der Waals surface area contributed by atoms with Gasteiger partial charge in [-0.05, 0) is 46.9 Å². The Morgan fingerprint density at radius 3 is 2.47 bits per heavy atom. The van der Waals surface area contributed by atoms with Gasteiger partial charge in [-0.1, -0.05) is 26.8 Å². The number of nitrogens with two attached hydrogens (primary N) is 1. The van der Waals surface area contributed by atoms with Crippen molar-refractivity contribution in [3.63, 3.8) is 0 Å². The summed E-state index contributed by atoms with van der Waals surface area (Å²) in [5, 5.41) is 12.0. The Morgan fingerprint density at radius 2 is 1.84 bits per heavy atom. The van der Waals surface area contributed by atoms with Crippen molar-refractivity contribution in [3.05, 3.63) is 23.3 Å². The van der Waals surface area contributed by atoms with Gasteiger partial charge in [0, 0.05) is 17.8 Å². The lowest BCUT2D eigenvalue weighted by atomic mass is 9.96. The van der Waals surface area contributed by atoms with Crippen LogP contribution < -0.4 is 5.73 Å². The van der Waals surface area contributed by atoms with E-state index < -0.39 is 0 Å². The second kappa shape index (κ2) is 4.64. The van der Waals surface area contributed by atoms with Crippen LogP contribution in [0.3, 0.4) is 0 Å². The molecule has 0 aliphatic rings. The molecule has 0 aliphatic heterocycles. The summed E-state index contributed by atoms with van der Waals surface area (Å²) in [4.78, 5) is 0. The van der Waals surface area contributed by atoms with E-state index in [1.54, 1.807) is 0 Å². The van der Waals surface area contributed by atoms with Crippen molar-refractivity contribution in [2.75, 3.05) is 5.73 Å². The maximum atomic E-state index is 6.00. The second-order valence-electron chi connectivity index (χ2n) is 6.24. The van der Waals surface area contributed by atoms with Crippen LogP contribution in [0.25, 0.3) is 11.4 Å². The average molecular weight is 259 g/mol. The minimum atomic E-state index is 0.119. The van der Waals surface area contributed by atoms with Gasteiger partial charge in [-0.3, -0.25) is 0 Å². The van der Waals surface area contributed by atoms with Gasteiger partial charge >= 0.3 is 0 Å². The largest absolute Gasteiger partial charge is 0.398 e. The highest BCUT2D eigenvalue weighted by Gasteiger charge is 2.18. The molecule has 1 aromatic carbocycles. The molecule has 5 nitrogen and oxygen atoms in total. The molecule has 0 spiro atoms. The Bertz CT molecular complexity index is 592. The fraction of sp³-hybridized carbons (Fsp3) is 0.500. The fourth-order valence-corrected chi connectivity index (χ4v) is 2.06. The third-order valence-corrected chi connectivity index (χ3v) is 3.01. The normalized spacial score (nSPS) is 11.8. The van der Waals surface area contributed by atoms with Crippen LogP contribution >= 0.6 is 0 Å². The first kappa shape index (κ1) is 13.5. The SMILES string of the molecule is Cc1cc(C)c(-c2nnnn2CC(C)(C)C)cc1N. The van der Waals surface area contributed by atoms with Crippen LogP contribution in [0, 0.1) is 19.3 Å². The summed E-state index contributed by atoms with van der Waals surface area (Å²) in [5.74, 6) is 0.777. The maximum Gasteiger partial charge on any atom is 0.182 e. The topological polar surface area (TPSA) is 69.6 Å². The van der Waals surface area contributed by atoms with Gasteiger partial charge in [-0.25, -0.2) is 4.68 Å². The van der Waals surface area contributed by atoms with Gasteiger partial charge in [0.05, 0.1) is 0 Å². The Morgan fingerprint density at radius 1 is 1.16 bits per heavy atom. The average Bonchev–Trinajstić information content (AvgIpc) is 2.69. The number of nitrogen functional groups attached to an aromatic ring is 1. The Kier molecular flexibility index (Phi) is 3.30. The zero-order valence-corrected chi connectivity index (χ0v) is 12.2. The van der Waals surface area contributed by atoms with E-state index in [9.17, 15) is 0 Å². The lowest BCUT2D eigenvalue weighted by Crippen LogP contribution is -2.17. The predicted octanol–water partition coefficient (Wildman–Crippen LogP) is 2.59.